The van der Waals surface area contributed by atoms with Gasteiger partial charge < -0.3 is 15.4 Å². The van der Waals surface area contributed by atoms with Crippen LogP contribution in [0.2, 0.25) is 0 Å². The van der Waals surface area contributed by atoms with Crippen molar-refractivity contribution in [3.8, 4) is 0 Å². The molecule has 0 radical (unpaired) electrons. The van der Waals surface area contributed by atoms with Crippen molar-refractivity contribution in [2.45, 2.75) is 19.3 Å². The van der Waals surface area contributed by atoms with Crippen LogP contribution in [-0.4, -0.2) is 32.8 Å². The lowest BCUT2D eigenvalue weighted by Gasteiger charge is -2.29. The van der Waals surface area contributed by atoms with Gasteiger partial charge >= 0.3 is 0 Å². The smallest absolute Gasteiger partial charge is 0.146 e. The van der Waals surface area contributed by atoms with Crippen molar-refractivity contribution in [2.24, 2.45) is 5.73 Å². The summed E-state index contributed by atoms with van der Waals surface area (Å²) < 4.78 is 19.3. The minimum absolute atomic E-state index is 0.123. The van der Waals surface area contributed by atoms with Gasteiger partial charge in [-0.1, -0.05) is 6.07 Å². The van der Waals surface area contributed by atoms with Gasteiger partial charge in [-0.3, -0.25) is 0 Å². The van der Waals surface area contributed by atoms with Crippen LogP contribution < -0.4 is 10.6 Å². The lowest BCUT2D eigenvalue weighted by molar-refractivity contribution is 0.122. The molecule has 2 N–H and O–H groups in total. The summed E-state index contributed by atoms with van der Waals surface area (Å²) >= 11 is 0. The zero-order chi connectivity index (χ0) is 12.8. The highest BCUT2D eigenvalue weighted by molar-refractivity contribution is 5.49. The molecule has 1 aromatic carbocycles. The molecule has 0 spiro atoms. The average Bonchev–Trinajstić information content (AvgIpc) is 2.40. The molecule has 1 fully saturated rings. The van der Waals surface area contributed by atoms with Crippen LogP contribution in [-0.2, 0) is 11.2 Å². The Hall–Kier alpha value is -1.13. The Bertz CT molecular complexity index is 378. The van der Waals surface area contributed by atoms with Crippen LogP contribution in [0, 0.1) is 5.82 Å². The van der Waals surface area contributed by atoms with Crippen LogP contribution in [0.25, 0.3) is 0 Å². The van der Waals surface area contributed by atoms with E-state index in [4.69, 9.17) is 10.5 Å². The molecule has 18 heavy (non-hydrogen) atoms. The molecule has 2 rings (SSSR count). The first-order valence-electron chi connectivity index (χ1n) is 6.62. The highest BCUT2D eigenvalue weighted by Crippen LogP contribution is 2.22. The van der Waals surface area contributed by atoms with E-state index in [-0.39, 0.29) is 5.82 Å². The third kappa shape index (κ3) is 3.43. The lowest BCUT2D eigenvalue weighted by atomic mass is 10.1. The zero-order valence-corrected chi connectivity index (χ0v) is 10.7. The maximum Gasteiger partial charge on any atom is 0.146 e. The summed E-state index contributed by atoms with van der Waals surface area (Å²) in [6.07, 6.45) is 2.91. The highest BCUT2D eigenvalue weighted by atomic mass is 19.1. The zero-order valence-electron chi connectivity index (χ0n) is 10.7. The highest BCUT2D eigenvalue weighted by Gasteiger charge is 2.15. The van der Waals surface area contributed by atoms with E-state index in [0.717, 1.165) is 37.9 Å². The quantitative estimate of drug-likeness (QED) is 0.814. The van der Waals surface area contributed by atoms with Crippen molar-refractivity contribution in [3.63, 3.8) is 0 Å². The number of aryl methyl sites for hydroxylation is 1. The largest absolute Gasteiger partial charge is 0.378 e. The Labute approximate surface area is 108 Å². The minimum Gasteiger partial charge on any atom is -0.378 e. The molecule has 1 heterocycles. The van der Waals surface area contributed by atoms with Gasteiger partial charge in [-0.2, -0.15) is 0 Å². The molecule has 1 aliphatic heterocycles. The molecule has 100 valence electrons. The first kappa shape index (κ1) is 13.3. The molecule has 0 unspecified atom stereocenters. The molecule has 0 saturated carbocycles. The number of rotatable bonds is 5. The fraction of sp³-hybridized carbons (Fsp3) is 0.571. The van der Waals surface area contributed by atoms with E-state index >= 15 is 0 Å². The number of ether oxygens (including phenoxy) is 1. The number of halogens is 1. The molecule has 3 nitrogen and oxygen atoms in total. The molecule has 0 amide bonds. The molecule has 1 aliphatic rings. The van der Waals surface area contributed by atoms with Gasteiger partial charge in [0.25, 0.3) is 0 Å². The number of nitrogens with zero attached hydrogens (tertiary/aromatic N) is 1. The topological polar surface area (TPSA) is 38.5 Å². The number of anilines is 1. The number of morpholine rings is 1. The van der Waals surface area contributed by atoms with Gasteiger partial charge in [0.1, 0.15) is 5.82 Å². The van der Waals surface area contributed by atoms with E-state index in [2.05, 4.69) is 0 Å². The minimum atomic E-state index is -0.123. The van der Waals surface area contributed by atoms with Gasteiger partial charge in [0.15, 0.2) is 0 Å². The van der Waals surface area contributed by atoms with Crippen molar-refractivity contribution in [2.75, 3.05) is 37.7 Å². The summed E-state index contributed by atoms with van der Waals surface area (Å²) in [5.74, 6) is -0.123. The number of nitrogens with two attached hydrogens (primary N) is 1. The second kappa shape index (κ2) is 6.71. The Kier molecular flexibility index (Phi) is 4.96. The first-order chi connectivity index (χ1) is 8.81. The van der Waals surface area contributed by atoms with Crippen molar-refractivity contribution in [3.05, 3.63) is 29.6 Å². The van der Waals surface area contributed by atoms with Crippen molar-refractivity contribution < 1.29 is 9.13 Å². The van der Waals surface area contributed by atoms with Crippen molar-refractivity contribution in [1.29, 1.82) is 0 Å². The van der Waals surface area contributed by atoms with Gasteiger partial charge in [0, 0.05) is 13.1 Å². The maximum atomic E-state index is 14.0. The van der Waals surface area contributed by atoms with Crippen molar-refractivity contribution in [1.82, 2.24) is 0 Å². The Morgan fingerprint density at radius 3 is 2.67 bits per heavy atom. The van der Waals surface area contributed by atoms with Gasteiger partial charge in [-0.05, 0) is 43.5 Å². The molecular weight excluding hydrogens is 231 g/mol. The van der Waals surface area contributed by atoms with E-state index < -0.39 is 0 Å². The van der Waals surface area contributed by atoms with E-state index in [1.165, 1.54) is 0 Å². The Morgan fingerprint density at radius 2 is 2.00 bits per heavy atom. The van der Waals surface area contributed by atoms with Crippen LogP contribution in [0.15, 0.2) is 18.2 Å². The maximum absolute atomic E-state index is 14.0. The normalized spacial score (nSPS) is 16.0. The standard InChI is InChI=1S/C14H21FN2O/c15-13-11-12(3-1-2-6-16)4-5-14(13)17-7-9-18-10-8-17/h4-5,11H,1-3,6-10,16H2. The molecule has 1 saturated heterocycles. The molecule has 0 atom stereocenters. The SMILES string of the molecule is NCCCCc1ccc(N2CCOCC2)c(F)c1. The van der Waals surface area contributed by atoms with Crippen LogP contribution in [0.3, 0.4) is 0 Å². The summed E-state index contributed by atoms with van der Waals surface area (Å²) in [5.41, 5.74) is 7.20. The van der Waals surface area contributed by atoms with E-state index in [1.807, 2.05) is 17.0 Å². The molecular formula is C14H21FN2O. The predicted octanol–water partition coefficient (Wildman–Crippen LogP) is 1.94. The summed E-state index contributed by atoms with van der Waals surface area (Å²) in [5, 5.41) is 0. The third-order valence-electron chi connectivity index (χ3n) is 3.28. The molecule has 0 aromatic heterocycles. The van der Waals surface area contributed by atoms with Crippen LogP contribution in [0.1, 0.15) is 18.4 Å². The molecule has 1 aromatic rings. The van der Waals surface area contributed by atoms with Gasteiger partial charge in [0.05, 0.1) is 18.9 Å². The van der Waals surface area contributed by atoms with Crippen LogP contribution in [0.4, 0.5) is 10.1 Å². The van der Waals surface area contributed by atoms with Gasteiger partial charge in [-0.15, -0.1) is 0 Å². The number of hydrogen-bond acceptors (Lipinski definition) is 3. The number of unbranched alkanes of at least 4 members (excludes halogenated alkanes) is 1. The Balaban J connectivity index is 2.00. The van der Waals surface area contributed by atoms with E-state index in [0.29, 0.717) is 25.4 Å². The number of benzene rings is 1. The fourth-order valence-electron chi connectivity index (χ4n) is 2.24. The van der Waals surface area contributed by atoms with Gasteiger partial charge in [0.2, 0.25) is 0 Å². The lowest BCUT2D eigenvalue weighted by Crippen LogP contribution is -2.36. The molecule has 0 aliphatic carbocycles. The summed E-state index contributed by atoms with van der Waals surface area (Å²) in [6, 6.07) is 5.56. The summed E-state index contributed by atoms with van der Waals surface area (Å²) in [7, 11) is 0. The monoisotopic (exact) mass is 252 g/mol. The molecule has 0 bridgehead atoms. The average molecular weight is 252 g/mol. The predicted molar refractivity (Wildman–Crippen MR) is 71.4 cm³/mol. The first-order valence-corrected chi connectivity index (χ1v) is 6.62. The van der Waals surface area contributed by atoms with Crippen LogP contribution >= 0.6 is 0 Å². The van der Waals surface area contributed by atoms with E-state index in [1.54, 1.807) is 6.07 Å². The fourth-order valence-corrected chi connectivity index (χ4v) is 2.24. The van der Waals surface area contributed by atoms with E-state index in [9.17, 15) is 4.39 Å². The number of hydrogen-bond donors (Lipinski definition) is 1. The summed E-state index contributed by atoms with van der Waals surface area (Å²) in [4.78, 5) is 2.04. The third-order valence-corrected chi connectivity index (χ3v) is 3.28. The summed E-state index contributed by atoms with van der Waals surface area (Å²) in [6.45, 7) is 3.59. The van der Waals surface area contributed by atoms with Crippen molar-refractivity contribution >= 4 is 5.69 Å². The molecule has 4 heteroatoms. The van der Waals surface area contributed by atoms with Gasteiger partial charge in [-0.25, -0.2) is 4.39 Å². The second-order valence-electron chi connectivity index (χ2n) is 4.63. The Morgan fingerprint density at radius 1 is 1.22 bits per heavy atom. The second-order valence-corrected chi connectivity index (χ2v) is 4.63. The van der Waals surface area contributed by atoms with Crippen LogP contribution in [0.5, 0.6) is 0 Å².